The first kappa shape index (κ1) is 14.5. The van der Waals surface area contributed by atoms with Crippen molar-refractivity contribution in [2.75, 3.05) is 31.1 Å². The molecule has 0 saturated carbocycles. The summed E-state index contributed by atoms with van der Waals surface area (Å²) in [5.74, 6) is 0.967. The van der Waals surface area contributed by atoms with E-state index < -0.39 is 0 Å². The van der Waals surface area contributed by atoms with Crippen molar-refractivity contribution < 1.29 is 4.79 Å². The minimum Gasteiger partial charge on any atom is -0.330 e. The predicted octanol–water partition coefficient (Wildman–Crippen LogP) is 0.586. The molecule has 3 rings (SSSR count). The van der Waals surface area contributed by atoms with Gasteiger partial charge in [-0.05, 0) is 37.8 Å². The summed E-state index contributed by atoms with van der Waals surface area (Å²) >= 11 is 0. The number of rotatable bonds is 3. The van der Waals surface area contributed by atoms with Gasteiger partial charge in [0.25, 0.3) is 0 Å². The summed E-state index contributed by atoms with van der Waals surface area (Å²) in [7, 11) is 1.88. The van der Waals surface area contributed by atoms with E-state index in [9.17, 15) is 4.79 Å². The van der Waals surface area contributed by atoms with Crippen molar-refractivity contribution in [3.05, 3.63) is 12.3 Å². The Labute approximate surface area is 125 Å². The van der Waals surface area contributed by atoms with E-state index in [-0.39, 0.29) is 17.4 Å². The second-order valence-electron chi connectivity index (χ2n) is 6.73. The zero-order chi connectivity index (χ0) is 15.0. The molecular formula is C15H25N5O. The lowest BCUT2D eigenvalue weighted by Gasteiger charge is -2.36. The van der Waals surface area contributed by atoms with Gasteiger partial charge < -0.3 is 5.73 Å². The van der Waals surface area contributed by atoms with Crippen molar-refractivity contribution in [2.45, 2.75) is 32.2 Å². The molecular weight excluding hydrogens is 266 g/mol. The Morgan fingerprint density at radius 3 is 2.90 bits per heavy atom. The Bertz CT molecular complexity index is 528. The van der Waals surface area contributed by atoms with Crippen LogP contribution in [0, 0.1) is 5.41 Å². The highest BCUT2D eigenvalue weighted by Gasteiger charge is 2.41. The number of nitrogens with zero attached hydrogens (tertiary/aromatic N) is 4. The Kier molecular flexibility index (Phi) is 3.75. The van der Waals surface area contributed by atoms with Gasteiger partial charge in [0.15, 0.2) is 5.82 Å². The Hall–Kier alpha value is -1.40. The lowest BCUT2D eigenvalue weighted by molar-refractivity contribution is -0.125. The van der Waals surface area contributed by atoms with Crippen LogP contribution in [0.25, 0.3) is 0 Å². The van der Waals surface area contributed by atoms with Crippen LogP contribution < -0.4 is 10.6 Å². The van der Waals surface area contributed by atoms with Crippen LogP contribution in [0.1, 0.15) is 26.2 Å². The van der Waals surface area contributed by atoms with E-state index in [1.165, 1.54) is 0 Å². The number of amides is 1. The molecule has 2 saturated heterocycles. The molecule has 2 aliphatic rings. The first-order valence-corrected chi connectivity index (χ1v) is 7.78. The van der Waals surface area contributed by atoms with Crippen molar-refractivity contribution >= 4 is 11.7 Å². The molecule has 3 heterocycles. The smallest absolute Gasteiger partial charge is 0.245 e. The number of piperidine rings is 1. The molecule has 1 aromatic rings. The molecule has 1 amide bonds. The van der Waals surface area contributed by atoms with Crippen molar-refractivity contribution in [2.24, 2.45) is 18.2 Å². The topological polar surface area (TPSA) is 67.4 Å². The molecule has 2 atom stereocenters. The largest absolute Gasteiger partial charge is 0.330 e. The van der Waals surface area contributed by atoms with Crippen LogP contribution >= 0.6 is 0 Å². The third kappa shape index (κ3) is 2.70. The van der Waals surface area contributed by atoms with Gasteiger partial charge in [-0.2, -0.15) is 5.10 Å². The lowest BCUT2D eigenvalue weighted by Crippen LogP contribution is -2.52. The molecule has 2 N–H and O–H groups in total. The molecule has 0 spiro atoms. The van der Waals surface area contributed by atoms with Crippen molar-refractivity contribution in [3.8, 4) is 0 Å². The highest BCUT2D eigenvalue weighted by Crippen LogP contribution is 2.32. The van der Waals surface area contributed by atoms with Gasteiger partial charge in [-0.25, -0.2) is 0 Å². The highest BCUT2D eigenvalue weighted by molar-refractivity contribution is 5.97. The van der Waals surface area contributed by atoms with E-state index in [2.05, 4.69) is 16.9 Å². The van der Waals surface area contributed by atoms with Crippen LogP contribution in [0.2, 0.25) is 0 Å². The van der Waals surface area contributed by atoms with E-state index in [4.69, 9.17) is 5.73 Å². The second-order valence-corrected chi connectivity index (χ2v) is 6.73. The van der Waals surface area contributed by atoms with Gasteiger partial charge in [-0.1, -0.05) is 6.92 Å². The molecule has 0 radical (unpaired) electrons. The summed E-state index contributed by atoms with van der Waals surface area (Å²) in [6.45, 7) is 5.58. The number of aryl methyl sites for hydroxylation is 1. The maximum atomic E-state index is 12.8. The maximum Gasteiger partial charge on any atom is 0.245 e. The number of nitrogens with two attached hydrogens (primary N) is 1. The van der Waals surface area contributed by atoms with Crippen LogP contribution in [0.5, 0.6) is 0 Å². The fraction of sp³-hybridized carbons (Fsp3) is 0.733. The number of carbonyl (C=O) groups excluding carboxylic acids is 1. The minimum atomic E-state index is -0.00543. The van der Waals surface area contributed by atoms with Gasteiger partial charge in [0.2, 0.25) is 5.91 Å². The lowest BCUT2D eigenvalue weighted by atomic mass is 9.90. The zero-order valence-electron chi connectivity index (χ0n) is 13.0. The van der Waals surface area contributed by atoms with Crippen LogP contribution in [0.15, 0.2) is 12.3 Å². The quantitative estimate of drug-likeness (QED) is 0.885. The molecule has 6 heteroatoms. The van der Waals surface area contributed by atoms with Crippen LogP contribution in [-0.4, -0.2) is 52.8 Å². The number of hydrogen-bond donors (Lipinski definition) is 1. The number of hydrogen-bond acceptors (Lipinski definition) is 4. The SMILES string of the molecule is Cn1ccc(N2CCCC(N3CCC(C)(CN)C3)C2=O)n1. The van der Waals surface area contributed by atoms with Crippen molar-refractivity contribution in [1.29, 1.82) is 0 Å². The average Bonchev–Trinajstić information content (AvgIpc) is 3.06. The van der Waals surface area contributed by atoms with E-state index in [1.54, 1.807) is 4.68 Å². The zero-order valence-corrected chi connectivity index (χ0v) is 13.0. The van der Waals surface area contributed by atoms with Gasteiger partial charge in [-0.15, -0.1) is 0 Å². The summed E-state index contributed by atoms with van der Waals surface area (Å²) in [5.41, 5.74) is 6.04. The predicted molar refractivity (Wildman–Crippen MR) is 81.9 cm³/mol. The molecule has 0 aromatic carbocycles. The number of aromatic nitrogens is 2. The Morgan fingerprint density at radius 2 is 2.29 bits per heavy atom. The molecule has 0 aliphatic carbocycles. The van der Waals surface area contributed by atoms with E-state index >= 15 is 0 Å². The van der Waals surface area contributed by atoms with E-state index in [0.29, 0.717) is 6.54 Å². The summed E-state index contributed by atoms with van der Waals surface area (Å²) in [6.07, 6.45) is 4.94. The van der Waals surface area contributed by atoms with E-state index in [0.717, 1.165) is 44.7 Å². The van der Waals surface area contributed by atoms with Crippen LogP contribution in [0.4, 0.5) is 5.82 Å². The normalized spacial score (nSPS) is 31.1. The fourth-order valence-corrected chi connectivity index (χ4v) is 3.46. The molecule has 2 unspecified atom stereocenters. The first-order chi connectivity index (χ1) is 10.0. The van der Waals surface area contributed by atoms with Gasteiger partial charge in [0.1, 0.15) is 0 Å². The molecule has 1 aromatic heterocycles. The molecule has 21 heavy (non-hydrogen) atoms. The summed E-state index contributed by atoms with van der Waals surface area (Å²) in [4.78, 5) is 17.0. The van der Waals surface area contributed by atoms with Gasteiger partial charge in [0.05, 0.1) is 6.04 Å². The Balaban J connectivity index is 1.74. The maximum absolute atomic E-state index is 12.8. The molecule has 116 valence electrons. The third-order valence-corrected chi connectivity index (χ3v) is 4.91. The number of carbonyl (C=O) groups is 1. The summed E-state index contributed by atoms with van der Waals surface area (Å²) < 4.78 is 1.74. The average molecular weight is 291 g/mol. The van der Waals surface area contributed by atoms with Crippen LogP contribution in [-0.2, 0) is 11.8 Å². The molecule has 2 fully saturated rings. The minimum absolute atomic E-state index is 0.00543. The van der Waals surface area contributed by atoms with E-state index in [1.807, 2.05) is 24.2 Å². The van der Waals surface area contributed by atoms with Crippen molar-refractivity contribution in [3.63, 3.8) is 0 Å². The standard InChI is InChI=1S/C15H25N5O/c1-15(10-16)6-9-19(11-15)12-4-3-7-20(14(12)21)13-5-8-18(2)17-13/h5,8,12H,3-4,6-7,9-11,16H2,1-2H3. The highest BCUT2D eigenvalue weighted by atomic mass is 16.2. The van der Waals surface area contributed by atoms with Gasteiger partial charge >= 0.3 is 0 Å². The van der Waals surface area contributed by atoms with Gasteiger partial charge in [-0.3, -0.25) is 19.3 Å². The molecule has 6 nitrogen and oxygen atoms in total. The first-order valence-electron chi connectivity index (χ1n) is 7.78. The summed E-state index contributed by atoms with van der Waals surface area (Å²) in [5, 5.41) is 4.37. The van der Waals surface area contributed by atoms with Gasteiger partial charge in [0, 0.05) is 32.4 Å². The van der Waals surface area contributed by atoms with Crippen LogP contribution in [0.3, 0.4) is 0 Å². The molecule has 0 bridgehead atoms. The molecule has 2 aliphatic heterocycles. The third-order valence-electron chi connectivity index (χ3n) is 4.91. The summed E-state index contributed by atoms with van der Waals surface area (Å²) in [6, 6.07) is 1.91. The number of anilines is 1. The fourth-order valence-electron chi connectivity index (χ4n) is 3.46. The van der Waals surface area contributed by atoms with Crippen molar-refractivity contribution in [1.82, 2.24) is 14.7 Å². The monoisotopic (exact) mass is 291 g/mol. The number of likely N-dealkylation sites (tertiary alicyclic amines) is 1. The Morgan fingerprint density at radius 1 is 1.48 bits per heavy atom. The second kappa shape index (κ2) is 5.42.